The van der Waals surface area contributed by atoms with Gasteiger partial charge in [-0.1, -0.05) is 0 Å². The summed E-state index contributed by atoms with van der Waals surface area (Å²) in [4.78, 5) is 14.1. The van der Waals surface area contributed by atoms with E-state index in [1.54, 1.807) is 20.5 Å². The van der Waals surface area contributed by atoms with Crippen LogP contribution >= 0.6 is 11.3 Å². The van der Waals surface area contributed by atoms with Gasteiger partial charge in [-0.25, -0.2) is 13.2 Å². The standard InChI is InChI=1S/C15H23N3O3S2/c1-12-10-22-11-13(12)8-16-15(19)17-5-2-4-14(9-17)18-6-3-7-23(18,20)21/h10-11,14H,2-9H2,1H3,(H,16,19). The van der Waals surface area contributed by atoms with Crippen molar-refractivity contribution in [2.24, 2.45) is 0 Å². The van der Waals surface area contributed by atoms with E-state index in [-0.39, 0.29) is 17.8 Å². The molecule has 0 saturated carbocycles. The maximum absolute atomic E-state index is 12.4. The molecule has 3 heterocycles. The Kier molecular flexibility index (Phi) is 4.93. The molecule has 1 aromatic rings. The lowest BCUT2D eigenvalue weighted by Gasteiger charge is -2.36. The fraction of sp³-hybridized carbons (Fsp3) is 0.667. The van der Waals surface area contributed by atoms with Gasteiger partial charge >= 0.3 is 6.03 Å². The predicted molar refractivity (Wildman–Crippen MR) is 91.0 cm³/mol. The maximum Gasteiger partial charge on any atom is 0.317 e. The summed E-state index contributed by atoms with van der Waals surface area (Å²) in [6.45, 7) is 4.34. The Labute approximate surface area is 141 Å². The van der Waals surface area contributed by atoms with Gasteiger partial charge in [0, 0.05) is 32.2 Å². The maximum atomic E-state index is 12.4. The number of carbonyl (C=O) groups is 1. The molecule has 2 amide bonds. The molecule has 0 radical (unpaired) electrons. The summed E-state index contributed by atoms with van der Waals surface area (Å²) in [6, 6.07) is -0.165. The molecule has 6 nitrogen and oxygen atoms in total. The summed E-state index contributed by atoms with van der Waals surface area (Å²) in [5.74, 6) is 0.243. The number of carbonyl (C=O) groups excluding carboxylic acids is 1. The molecule has 2 fully saturated rings. The van der Waals surface area contributed by atoms with Crippen molar-refractivity contribution >= 4 is 27.4 Å². The van der Waals surface area contributed by atoms with Gasteiger partial charge < -0.3 is 10.2 Å². The highest BCUT2D eigenvalue weighted by Gasteiger charge is 2.37. The van der Waals surface area contributed by atoms with Crippen LogP contribution in [0.5, 0.6) is 0 Å². The second kappa shape index (κ2) is 6.78. The van der Waals surface area contributed by atoms with Crippen molar-refractivity contribution in [2.45, 2.75) is 38.8 Å². The zero-order valence-electron chi connectivity index (χ0n) is 13.3. The Morgan fingerprint density at radius 1 is 1.35 bits per heavy atom. The van der Waals surface area contributed by atoms with Gasteiger partial charge in [0.1, 0.15) is 0 Å². The van der Waals surface area contributed by atoms with E-state index >= 15 is 0 Å². The minimum atomic E-state index is -3.11. The van der Waals surface area contributed by atoms with E-state index in [2.05, 4.69) is 10.7 Å². The minimum absolute atomic E-state index is 0.0649. The first-order chi connectivity index (χ1) is 11.0. The Morgan fingerprint density at radius 3 is 2.83 bits per heavy atom. The molecule has 1 atom stereocenters. The van der Waals surface area contributed by atoms with Crippen LogP contribution in [-0.2, 0) is 16.6 Å². The first kappa shape index (κ1) is 16.7. The fourth-order valence-electron chi connectivity index (χ4n) is 3.29. The number of rotatable bonds is 3. The smallest absolute Gasteiger partial charge is 0.317 e. The average molecular weight is 358 g/mol. The van der Waals surface area contributed by atoms with Crippen LogP contribution in [0.2, 0.25) is 0 Å². The number of likely N-dealkylation sites (tertiary alicyclic amines) is 1. The van der Waals surface area contributed by atoms with Crippen LogP contribution in [-0.4, -0.2) is 55.1 Å². The molecular formula is C15H23N3O3S2. The number of nitrogens with one attached hydrogen (secondary N) is 1. The Bertz CT molecular complexity index is 671. The zero-order chi connectivity index (χ0) is 16.4. The lowest BCUT2D eigenvalue weighted by Crippen LogP contribution is -2.52. The topological polar surface area (TPSA) is 69.7 Å². The van der Waals surface area contributed by atoms with Crippen LogP contribution in [0.25, 0.3) is 0 Å². The molecule has 2 aliphatic rings. The Balaban J connectivity index is 1.57. The van der Waals surface area contributed by atoms with Gasteiger partial charge in [0.2, 0.25) is 10.0 Å². The van der Waals surface area contributed by atoms with Crippen LogP contribution in [0.3, 0.4) is 0 Å². The highest BCUT2D eigenvalue weighted by Crippen LogP contribution is 2.24. The molecule has 3 rings (SSSR count). The minimum Gasteiger partial charge on any atom is -0.334 e. The number of sulfonamides is 1. The van der Waals surface area contributed by atoms with Gasteiger partial charge in [-0.05, 0) is 48.1 Å². The number of aryl methyl sites for hydroxylation is 1. The monoisotopic (exact) mass is 357 g/mol. The molecule has 8 heteroatoms. The molecular weight excluding hydrogens is 334 g/mol. The van der Waals surface area contributed by atoms with Gasteiger partial charge in [0.25, 0.3) is 0 Å². The number of piperidine rings is 1. The van der Waals surface area contributed by atoms with Crippen molar-refractivity contribution in [1.29, 1.82) is 0 Å². The molecule has 23 heavy (non-hydrogen) atoms. The van der Waals surface area contributed by atoms with Crippen molar-refractivity contribution in [3.8, 4) is 0 Å². The molecule has 0 spiro atoms. The zero-order valence-corrected chi connectivity index (χ0v) is 15.0. The Hall–Kier alpha value is -1.12. The number of nitrogens with zero attached hydrogens (tertiary/aromatic N) is 2. The molecule has 1 unspecified atom stereocenters. The highest BCUT2D eigenvalue weighted by atomic mass is 32.2. The van der Waals surface area contributed by atoms with Crippen molar-refractivity contribution < 1.29 is 13.2 Å². The van der Waals surface area contributed by atoms with E-state index in [0.29, 0.717) is 32.6 Å². The van der Waals surface area contributed by atoms with Crippen molar-refractivity contribution in [2.75, 3.05) is 25.4 Å². The van der Waals surface area contributed by atoms with Crippen LogP contribution in [0.4, 0.5) is 4.79 Å². The molecule has 2 aliphatic heterocycles. The third kappa shape index (κ3) is 3.70. The largest absolute Gasteiger partial charge is 0.334 e. The number of urea groups is 1. The number of hydrogen-bond acceptors (Lipinski definition) is 4. The summed E-state index contributed by atoms with van der Waals surface area (Å²) < 4.78 is 25.7. The lowest BCUT2D eigenvalue weighted by atomic mass is 10.1. The molecule has 1 N–H and O–H groups in total. The first-order valence-corrected chi connectivity index (χ1v) is 10.6. The second-order valence-electron chi connectivity index (χ2n) is 6.26. The van der Waals surface area contributed by atoms with E-state index in [4.69, 9.17) is 0 Å². The summed E-state index contributed by atoms with van der Waals surface area (Å²) >= 11 is 1.63. The van der Waals surface area contributed by atoms with E-state index in [1.807, 2.05) is 12.3 Å². The molecule has 0 aromatic carbocycles. The second-order valence-corrected chi connectivity index (χ2v) is 9.05. The van der Waals surface area contributed by atoms with Gasteiger partial charge in [-0.3, -0.25) is 0 Å². The molecule has 0 aliphatic carbocycles. The quantitative estimate of drug-likeness (QED) is 0.896. The van der Waals surface area contributed by atoms with Gasteiger partial charge in [-0.15, -0.1) is 0 Å². The van der Waals surface area contributed by atoms with Gasteiger partial charge in [-0.2, -0.15) is 15.6 Å². The van der Waals surface area contributed by atoms with Crippen molar-refractivity contribution in [1.82, 2.24) is 14.5 Å². The summed E-state index contributed by atoms with van der Waals surface area (Å²) in [5.41, 5.74) is 2.33. The van der Waals surface area contributed by atoms with Crippen LogP contribution in [0.15, 0.2) is 10.8 Å². The van der Waals surface area contributed by atoms with E-state index in [0.717, 1.165) is 18.4 Å². The SMILES string of the molecule is Cc1cscc1CNC(=O)N1CCCC(N2CCCS2(=O)=O)C1. The van der Waals surface area contributed by atoms with E-state index in [1.165, 1.54) is 5.56 Å². The lowest BCUT2D eigenvalue weighted by molar-refractivity contribution is 0.153. The van der Waals surface area contributed by atoms with Gasteiger partial charge in [0.15, 0.2) is 0 Å². The third-order valence-corrected chi connectivity index (χ3v) is 7.53. The normalized spacial score (nSPS) is 24.7. The van der Waals surface area contributed by atoms with E-state index in [9.17, 15) is 13.2 Å². The predicted octanol–water partition coefficient (Wildman–Crippen LogP) is 1.77. The summed E-state index contributed by atoms with van der Waals surface area (Å²) in [7, 11) is -3.11. The van der Waals surface area contributed by atoms with Crippen LogP contribution in [0, 0.1) is 6.92 Å². The third-order valence-electron chi connectivity index (χ3n) is 4.62. The molecule has 2 saturated heterocycles. The number of thiophene rings is 1. The average Bonchev–Trinajstić information content (AvgIpc) is 3.10. The van der Waals surface area contributed by atoms with Crippen LogP contribution in [0.1, 0.15) is 30.4 Å². The summed E-state index contributed by atoms with van der Waals surface area (Å²) in [6.07, 6.45) is 2.39. The molecule has 0 bridgehead atoms. The number of hydrogen-bond donors (Lipinski definition) is 1. The number of amides is 2. The highest BCUT2D eigenvalue weighted by molar-refractivity contribution is 7.89. The van der Waals surface area contributed by atoms with Crippen LogP contribution < -0.4 is 5.32 Å². The molecule has 128 valence electrons. The van der Waals surface area contributed by atoms with Gasteiger partial charge in [0.05, 0.1) is 5.75 Å². The van der Waals surface area contributed by atoms with Crippen molar-refractivity contribution in [3.63, 3.8) is 0 Å². The van der Waals surface area contributed by atoms with E-state index < -0.39 is 10.0 Å². The first-order valence-electron chi connectivity index (χ1n) is 8.01. The fourth-order valence-corrected chi connectivity index (χ4v) is 5.91. The van der Waals surface area contributed by atoms with Crippen molar-refractivity contribution in [3.05, 3.63) is 21.9 Å². The molecule has 1 aromatic heterocycles. The summed E-state index contributed by atoms with van der Waals surface area (Å²) in [5, 5.41) is 7.07. The Morgan fingerprint density at radius 2 is 2.17 bits per heavy atom.